The van der Waals surface area contributed by atoms with Crippen LogP contribution in [0, 0.1) is 18.2 Å². The zero-order valence-corrected chi connectivity index (χ0v) is 40.2. The highest BCUT2D eigenvalue weighted by atomic mass is 35.5. The van der Waals surface area contributed by atoms with Gasteiger partial charge in [-0.3, -0.25) is 19.2 Å². The molecule has 2 aliphatic rings. The summed E-state index contributed by atoms with van der Waals surface area (Å²) < 4.78 is 26.9. The van der Waals surface area contributed by atoms with Gasteiger partial charge in [0.1, 0.15) is 30.0 Å². The van der Waals surface area contributed by atoms with E-state index in [0.29, 0.717) is 67.0 Å². The Labute approximate surface area is 402 Å². The monoisotopic (exact) mass is 974 g/mol. The lowest BCUT2D eigenvalue weighted by Crippen LogP contribution is -2.50. The molecule has 3 N–H and O–H groups in total. The number of rotatable bonds is 15. The van der Waals surface area contributed by atoms with Gasteiger partial charge in [-0.2, -0.15) is 0 Å². The number of anilines is 2. The zero-order valence-electron chi connectivity index (χ0n) is 37.9. The van der Waals surface area contributed by atoms with Crippen molar-refractivity contribution in [1.29, 1.82) is 0 Å². The summed E-state index contributed by atoms with van der Waals surface area (Å²) in [5, 5.41) is 16.9. The number of likely N-dealkylation sites (tertiary alicyclic amines) is 2. The molecular formula is C48H53Cl2FN8O7S. The number of aliphatic hydroxyl groups is 1. The third-order valence-electron chi connectivity index (χ3n) is 11.7. The molecule has 2 aromatic heterocycles. The van der Waals surface area contributed by atoms with Gasteiger partial charge in [-0.15, -0.1) is 11.3 Å². The maximum absolute atomic E-state index is 14.9. The topological polar surface area (TPSA) is 189 Å². The number of thiazole rings is 1. The summed E-state index contributed by atoms with van der Waals surface area (Å²) in [6.45, 7) is 8.38. The van der Waals surface area contributed by atoms with Crippen molar-refractivity contribution in [3.05, 3.63) is 87.5 Å². The minimum absolute atomic E-state index is 0.00459. The number of fused-ring (bicyclic) bond motifs is 1. The first-order chi connectivity index (χ1) is 32.0. The number of aryl methyl sites for hydroxylation is 1. The molecule has 15 nitrogen and oxygen atoms in total. The van der Waals surface area contributed by atoms with Gasteiger partial charge in [0, 0.05) is 75.2 Å². The number of hydrogen-bond donors (Lipinski definition) is 3. The number of β-amino-alcohol motifs (C(OH)–C–C–N with tert-alkyl or cyclic N) is 1. The number of amides is 4. The van der Waals surface area contributed by atoms with Crippen LogP contribution in [-0.4, -0.2) is 104 Å². The maximum atomic E-state index is 14.9. The first-order valence-electron chi connectivity index (χ1n) is 22.1. The largest absolute Gasteiger partial charge is 0.493 e. The van der Waals surface area contributed by atoms with E-state index in [1.165, 1.54) is 30.5 Å². The summed E-state index contributed by atoms with van der Waals surface area (Å²) in [5.74, 6) is -1.02. The number of hydrogen-bond acceptors (Lipinski definition) is 12. The van der Waals surface area contributed by atoms with Crippen molar-refractivity contribution in [3.63, 3.8) is 0 Å². The summed E-state index contributed by atoms with van der Waals surface area (Å²) in [7, 11) is 1.52. The van der Waals surface area contributed by atoms with Gasteiger partial charge in [-0.05, 0) is 49.1 Å². The molecule has 19 heteroatoms. The van der Waals surface area contributed by atoms with Gasteiger partial charge in [0.15, 0.2) is 17.3 Å². The molecule has 2 aliphatic heterocycles. The molecule has 0 unspecified atom stereocenters. The zero-order chi connectivity index (χ0) is 48.0. The lowest BCUT2D eigenvalue weighted by molar-refractivity contribution is -0.134. The van der Waals surface area contributed by atoms with Gasteiger partial charge < -0.3 is 35.0 Å². The number of aliphatic hydroxyl groups excluding tert-OH is 1. The first kappa shape index (κ1) is 49.2. The van der Waals surface area contributed by atoms with E-state index in [-0.39, 0.29) is 65.8 Å². The molecule has 2 fully saturated rings. The smallest absolute Gasteiger partial charge is 0.269 e. The van der Waals surface area contributed by atoms with E-state index in [2.05, 4.69) is 30.6 Å². The number of halogens is 3. The number of nitrogens with one attached hydrogen (secondary N) is 2. The molecule has 4 heterocycles. The van der Waals surface area contributed by atoms with Crippen LogP contribution in [-0.2, 0) is 25.7 Å². The molecule has 7 rings (SSSR count). The Morgan fingerprint density at radius 2 is 1.72 bits per heavy atom. The Kier molecular flexibility index (Phi) is 15.8. The van der Waals surface area contributed by atoms with E-state index in [0.717, 1.165) is 21.7 Å². The normalized spacial score (nSPS) is 16.9. The van der Waals surface area contributed by atoms with E-state index in [1.807, 2.05) is 31.2 Å². The van der Waals surface area contributed by atoms with Gasteiger partial charge in [0.2, 0.25) is 17.7 Å². The third-order valence-corrected chi connectivity index (χ3v) is 13.5. The number of ether oxygens (including phenoxy) is 2. The summed E-state index contributed by atoms with van der Waals surface area (Å²) in [5.41, 5.74) is 4.45. The SMILES string of the molecule is COc1cc2ncnc(Nc3ccc(Cl)c(Cl)c3F)c2cc1OC1CCN(C(=O)CCCCC(=O)N=C(C(=O)N2C[C@H](O)C[C@H]2C(=O)NCc2ccc(-c3scnc3C)cc2)C(C)(C)C)CC1. The Morgan fingerprint density at radius 3 is 2.40 bits per heavy atom. The van der Waals surface area contributed by atoms with Crippen molar-refractivity contribution in [1.82, 2.24) is 30.1 Å². The average Bonchev–Trinajstić information content (AvgIpc) is 3.93. The molecule has 354 valence electrons. The molecule has 0 bridgehead atoms. The summed E-state index contributed by atoms with van der Waals surface area (Å²) in [6, 6.07) is 13.3. The second-order valence-corrected chi connectivity index (χ2v) is 19.3. The van der Waals surface area contributed by atoms with Crippen LogP contribution < -0.4 is 20.1 Å². The molecule has 0 aliphatic carbocycles. The highest BCUT2D eigenvalue weighted by Crippen LogP contribution is 2.38. The highest BCUT2D eigenvalue weighted by Gasteiger charge is 2.42. The number of nitrogens with zero attached hydrogens (tertiary/aromatic N) is 6. The van der Waals surface area contributed by atoms with Crippen molar-refractivity contribution in [2.75, 3.05) is 32.1 Å². The Morgan fingerprint density at radius 1 is 0.985 bits per heavy atom. The van der Waals surface area contributed by atoms with E-state index in [9.17, 15) is 28.7 Å². The molecule has 0 radical (unpaired) electrons. The number of unbranched alkanes of at least 4 members (excludes halogenated alkanes) is 1. The van der Waals surface area contributed by atoms with Crippen LogP contribution in [0.3, 0.4) is 0 Å². The van der Waals surface area contributed by atoms with Crippen molar-refractivity contribution < 1.29 is 38.1 Å². The van der Waals surface area contributed by atoms with Crippen LogP contribution >= 0.6 is 34.5 Å². The van der Waals surface area contributed by atoms with Crippen LogP contribution in [0.15, 0.2) is 65.4 Å². The number of benzene rings is 3. The molecule has 4 amide bonds. The van der Waals surface area contributed by atoms with Crippen molar-refractivity contribution in [3.8, 4) is 21.9 Å². The van der Waals surface area contributed by atoms with Crippen LogP contribution in [0.4, 0.5) is 15.9 Å². The Balaban J connectivity index is 0.884. The van der Waals surface area contributed by atoms with Crippen molar-refractivity contribution in [2.24, 2.45) is 10.4 Å². The fraction of sp³-hybridized carbons (Fsp3) is 0.417. The van der Waals surface area contributed by atoms with Gasteiger partial charge in [-0.25, -0.2) is 24.3 Å². The second-order valence-electron chi connectivity index (χ2n) is 17.6. The van der Waals surface area contributed by atoms with E-state index in [1.54, 1.807) is 54.7 Å². The van der Waals surface area contributed by atoms with Crippen LogP contribution in [0.2, 0.25) is 10.0 Å². The number of piperidine rings is 1. The second kappa shape index (κ2) is 21.5. The Hall–Kier alpha value is -5.75. The van der Waals surface area contributed by atoms with Crippen LogP contribution in [0.25, 0.3) is 21.3 Å². The highest BCUT2D eigenvalue weighted by molar-refractivity contribution is 7.13. The van der Waals surface area contributed by atoms with Gasteiger partial charge >= 0.3 is 0 Å². The minimum Gasteiger partial charge on any atom is -0.493 e. The fourth-order valence-electron chi connectivity index (χ4n) is 8.08. The fourth-order valence-corrected chi connectivity index (χ4v) is 9.20. The van der Waals surface area contributed by atoms with Gasteiger partial charge in [-0.1, -0.05) is 68.2 Å². The van der Waals surface area contributed by atoms with E-state index >= 15 is 0 Å². The van der Waals surface area contributed by atoms with E-state index < -0.39 is 41.1 Å². The molecule has 0 spiro atoms. The number of aliphatic imine (C=N–C) groups is 1. The lowest BCUT2D eigenvalue weighted by atomic mass is 9.88. The Bertz CT molecular complexity index is 2670. The number of carbonyl (C=O) groups is 4. The number of methoxy groups -OCH3 is 1. The predicted octanol–water partition coefficient (Wildman–Crippen LogP) is 8.48. The third kappa shape index (κ3) is 11.9. The average molecular weight is 976 g/mol. The van der Waals surface area contributed by atoms with Crippen LogP contribution in [0.5, 0.6) is 11.5 Å². The molecule has 5 aromatic rings. The van der Waals surface area contributed by atoms with Crippen molar-refractivity contribution in [2.45, 2.75) is 97.4 Å². The van der Waals surface area contributed by atoms with Crippen LogP contribution in [0.1, 0.15) is 77.0 Å². The quantitative estimate of drug-likeness (QED) is 0.0519. The molecule has 2 atom stereocenters. The number of carbonyl (C=O) groups excluding carboxylic acids is 4. The summed E-state index contributed by atoms with van der Waals surface area (Å²) in [6.07, 6.45) is 2.50. The summed E-state index contributed by atoms with van der Waals surface area (Å²) >= 11 is 13.6. The predicted molar refractivity (Wildman–Crippen MR) is 257 cm³/mol. The van der Waals surface area contributed by atoms with E-state index in [4.69, 9.17) is 32.7 Å². The number of aromatic nitrogens is 3. The molecule has 67 heavy (non-hydrogen) atoms. The lowest BCUT2D eigenvalue weighted by Gasteiger charge is -2.32. The minimum atomic E-state index is -0.936. The van der Waals surface area contributed by atoms with Gasteiger partial charge in [0.05, 0.1) is 50.5 Å². The standard InChI is InChI=1S/C48H53Cl2FN8O7S/c1-27-43(67-26-55-27)29-12-10-28(11-13-29)23-52-46(63)36-20-30(60)24-59(36)47(64)44(48(2,3)4)57-39(61)8-6-7-9-40(62)58-18-16-31(17-19-58)66-38-21-32-35(22-37(38)65-5)53-25-54-45(32)56-34-15-14-33(49)41(50)42(34)51/h10-15,21-22,25-26,30-31,36,60H,6-9,16-20,23-24H2,1-5H3,(H,52,63)(H,53,54,56)/t30-,36+/m1/s1. The first-order valence-corrected chi connectivity index (χ1v) is 23.7. The molecule has 0 saturated carbocycles. The van der Waals surface area contributed by atoms with Gasteiger partial charge in [0.25, 0.3) is 5.91 Å². The molecule has 2 saturated heterocycles. The maximum Gasteiger partial charge on any atom is 0.269 e. The summed E-state index contributed by atoms with van der Waals surface area (Å²) in [4.78, 5) is 75.3. The molecule has 3 aromatic carbocycles. The van der Waals surface area contributed by atoms with Crippen molar-refractivity contribution >= 4 is 86.3 Å². The molecular weight excluding hydrogens is 923 g/mol.